The number of ether oxygens (including phenoxy) is 2. The van der Waals surface area contributed by atoms with E-state index in [1.165, 1.54) is 19.2 Å². The van der Waals surface area contributed by atoms with Crippen molar-refractivity contribution in [1.82, 2.24) is 4.90 Å². The second kappa shape index (κ2) is 9.41. The van der Waals surface area contributed by atoms with E-state index in [0.717, 1.165) is 25.1 Å². The summed E-state index contributed by atoms with van der Waals surface area (Å²) in [5.74, 6) is -0.0358. The van der Waals surface area contributed by atoms with E-state index in [1.807, 2.05) is 0 Å². The SMILES string of the molecule is COC(=O)COc1ccc(CN2CCC(CN)C2)cc1[N+](=O)[O-].Cl. The number of nitrogens with zero attached hydrogens (tertiary/aromatic N) is 2. The number of esters is 1. The monoisotopic (exact) mass is 359 g/mol. The molecular weight excluding hydrogens is 338 g/mol. The van der Waals surface area contributed by atoms with Crippen molar-refractivity contribution in [3.63, 3.8) is 0 Å². The van der Waals surface area contributed by atoms with Gasteiger partial charge in [0, 0.05) is 19.2 Å². The first-order chi connectivity index (χ1) is 11.0. The van der Waals surface area contributed by atoms with Crippen LogP contribution >= 0.6 is 12.4 Å². The summed E-state index contributed by atoms with van der Waals surface area (Å²) in [6.45, 7) is 2.79. The molecule has 1 aromatic carbocycles. The molecule has 1 aliphatic heterocycles. The van der Waals surface area contributed by atoms with Crippen LogP contribution in [-0.2, 0) is 16.1 Å². The summed E-state index contributed by atoms with van der Waals surface area (Å²) in [6.07, 6.45) is 1.05. The van der Waals surface area contributed by atoms with Gasteiger partial charge < -0.3 is 15.2 Å². The van der Waals surface area contributed by atoms with Crippen molar-refractivity contribution in [3.8, 4) is 5.75 Å². The second-order valence-corrected chi connectivity index (χ2v) is 5.55. The normalized spacial score (nSPS) is 17.2. The van der Waals surface area contributed by atoms with Crippen LogP contribution in [0.1, 0.15) is 12.0 Å². The zero-order chi connectivity index (χ0) is 16.8. The molecule has 0 amide bonds. The van der Waals surface area contributed by atoms with Crippen LogP contribution in [0.3, 0.4) is 0 Å². The lowest BCUT2D eigenvalue weighted by atomic mass is 10.1. The molecule has 1 saturated heterocycles. The average Bonchev–Trinajstić information content (AvgIpc) is 3.00. The quantitative estimate of drug-likeness (QED) is 0.444. The Hall–Kier alpha value is -1.90. The molecule has 0 saturated carbocycles. The lowest BCUT2D eigenvalue weighted by molar-refractivity contribution is -0.385. The van der Waals surface area contributed by atoms with Gasteiger partial charge in [0.1, 0.15) is 0 Å². The first-order valence-corrected chi connectivity index (χ1v) is 7.42. The predicted octanol–water partition coefficient (Wildman–Crippen LogP) is 1.35. The van der Waals surface area contributed by atoms with Crippen LogP contribution in [0.4, 0.5) is 5.69 Å². The maximum atomic E-state index is 11.2. The van der Waals surface area contributed by atoms with E-state index < -0.39 is 10.9 Å². The van der Waals surface area contributed by atoms with E-state index in [1.54, 1.807) is 6.07 Å². The highest BCUT2D eigenvalue weighted by Crippen LogP contribution is 2.29. The number of benzene rings is 1. The van der Waals surface area contributed by atoms with Gasteiger partial charge in [0.05, 0.1) is 12.0 Å². The average molecular weight is 360 g/mol. The second-order valence-electron chi connectivity index (χ2n) is 5.55. The number of likely N-dealkylation sites (tertiary alicyclic amines) is 1. The molecule has 0 radical (unpaired) electrons. The Morgan fingerprint density at radius 1 is 1.50 bits per heavy atom. The van der Waals surface area contributed by atoms with Gasteiger partial charge in [-0.2, -0.15) is 0 Å². The maximum Gasteiger partial charge on any atom is 0.343 e. The highest BCUT2D eigenvalue weighted by molar-refractivity contribution is 5.85. The molecule has 1 heterocycles. The van der Waals surface area contributed by atoms with Crippen LogP contribution in [0.5, 0.6) is 5.75 Å². The molecule has 0 aliphatic carbocycles. The van der Waals surface area contributed by atoms with Crippen LogP contribution < -0.4 is 10.5 Å². The summed E-state index contributed by atoms with van der Waals surface area (Å²) < 4.78 is 9.62. The Labute approximate surface area is 146 Å². The number of nitro benzene ring substituents is 1. The molecule has 1 atom stereocenters. The summed E-state index contributed by atoms with van der Waals surface area (Å²) in [4.78, 5) is 24.0. The molecule has 0 bridgehead atoms. The Balaban J connectivity index is 0.00000288. The maximum absolute atomic E-state index is 11.2. The van der Waals surface area contributed by atoms with E-state index in [9.17, 15) is 14.9 Å². The number of carbonyl (C=O) groups is 1. The third-order valence-corrected chi connectivity index (χ3v) is 3.90. The number of hydrogen-bond acceptors (Lipinski definition) is 7. The third-order valence-electron chi connectivity index (χ3n) is 3.90. The first-order valence-electron chi connectivity index (χ1n) is 7.42. The van der Waals surface area contributed by atoms with Crippen LogP contribution in [0.25, 0.3) is 0 Å². The van der Waals surface area contributed by atoms with E-state index in [4.69, 9.17) is 10.5 Å². The molecule has 9 heteroatoms. The number of nitrogens with two attached hydrogens (primary N) is 1. The molecule has 1 aromatic rings. The van der Waals surface area contributed by atoms with Gasteiger partial charge in [0.15, 0.2) is 12.4 Å². The van der Waals surface area contributed by atoms with Gasteiger partial charge in [-0.05, 0) is 37.1 Å². The fourth-order valence-corrected chi connectivity index (χ4v) is 2.63. The molecule has 0 aromatic heterocycles. The fourth-order valence-electron chi connectivity index (χ4n) is 2.63. The molecule has 2 N–H and O–H groups in total. The standard InChI is InChI=1S/C15H21N3O5.ClH/c1-22-15(19)10-23-14-3-2-11(6-13(14)18(20)21)8-17-5-4-12(7-16)9-17;/h2-3,6,12H,4-5,7-10,16H2,1H3;1H. The number of methoxy groups -OCH3 is 1. The van der Waals surface area contributed by atoms with Gasteiger partial charge in [-0.3, -0.25) is 15.0 Å². The number of hydrogen-bond donors (Lipinski definition) is 1. The van der Waals surface area contributed by atoms with Crippen LogP contribution in [0.15, 0.2) is 18.2 Å². The molecule has 8 nitrogen and oxygen atoms in total. The molecule has 134 valence electrons. The van der Waals surface area contributed by atoms with E-state index in [0.29, 0.717) is 19.0 Å². The topological polar surface area (TPSA) is 108 Å². The van der Waals surface area contributed by atoms with Crippen LogP contribution in [-0.4, -0.2) is 49.1 Å². The van der Waals surface area contributed by atoms with Gasteiger partial charge in [0.25, 0.3) is 0 Å². The molecule has 1 fully saturated rings. The zero-order valence-electron chi connectivity index (χ0n) is 13.5. The number of halogens is 1. The predicted molar refractivity (Wildman–Crippen MR) is 90.3 cm³/mol. The highest BCUT2D eigenvalue weighted by Gasteiger charge is 2.23. The Kier molecular flexibility index (Phi) is 7.90. The van der Waals surface area contributed by atoms with Crippen LogP contribution in [0.2, 0.25) is 0 Å². The molecule has 1 unspecified atom stereocenters. The van der Waals surface area contributed by atoms with Crippen molar-refractivity contribution in [3.05, 3.63) is 33.9 Å². The van der Waals surface area contributed by atoms with E-state index in [-0.39, 0.29) is 30.5 Å². The highest BCUT2D eigenvalue weighted by atomic mass is 35.5. The van der Waals surface area contributed by atoms with E-state index >= 15 is 0 Å². The molecule has 24 heavy (non-hydrogen) atoms. The Bertz CT molecular complexity index is 584. The van der Waals surface area contributed by atoms with Crippen molar-refractivity contribution in [2.24, 2.45) is 11.7 Å². The summed E-state index contributed by atoms with van der Waals surface area (Å²) in [5.41, 5.74) is 6.35. The van der Waals surface area contributed by atoms with Crippen molar-refractivity contribution < 1.29 is 19.2 Å². The van der Waals surface area contributed by atoms with Crippen LogP contribution in [0, 0.1) is 16.0 Å². The first kappa shape index (κ1) is 20.1. The molecule has 1 aliphatic rings. The minimum Gasteiger partial charge on any atom is -0.475 e. The fraction of sp³-hybridized carbons (Fsp3) is 0.533. The minimum atomic E-state index is -0.590. The summed E-state index contributed by atoms with van der Waals surface area (Å²) in [6, 6.07) is 4.78. The zero-order valence-corrected chi connectivity index (χ0v) is 14.3. The summed E-state index contributed by atoms with van der Waals surface area (Å²) >= 11 is 0. The van der Waals surface area contributed by atoms with Gasteiger partial charge >= 0.3 is 11.7 Å². The Morgan fingerprint density at radius 2 is 2.25 bits per heavy atom. The number of rotatable bonds is 7. The van der Waals surface area contributed by atoms with Crippen molar-refractivity contribution in [2.75, 3.05) is 33.4 Å². The summed E-state index contributed by atoms with van der Waals surface area (Å²) in [7, 11) is 1.23. The molecular formula is C15H22ClN3O5. The lowest BCUT2D eigenvalue weighted by Gasteiger charge is -2.16. The van der Waals surface area contributed by atoms with Crippen molar-refractivity contribution in [1.29, 1.82) is 0 Å². The van der Waals surface area contributed by atoms with Gasteiger partial charge in [0.2, 0.25) is 0 Å². The number of nitro groups is 1. The summed E-state index contributed by atoms with van der Waals surface area (Å²) in [5, 5.41) is 11.2. The largest absolute Gasteiger partial charge is 0.475 e. The number of carbonyl (C=O) groups excluding carboxylic acids is 1. The van der Waals surface area contributed by atoms with Gasteiger partial charge in [-0.25, -0.2) is 4.79 Å². The third kappa shape index (κ3) is 5.33. The van der Waals surface area contributed by atoms with Crippen molar-refractivity contribution >= 4 is 24.1 Å². The minimum absolute atomic E-state index is 0. The van der Waals surface area contributed by atoms with Crippen molar-refractivity contribution in [2.45, 2.75) is 13.0 Å². The van der Waals surface area contributed by atoms with E-state index in [2.05, 4.69) is 9.64 Å². The smallest absolute Gasteiger partial charge is 0.343 e. The van der Waals surface area contributed by atoms with Gasteiger partial charge in [-0.1, -0.05) is 6.07 Å². The Morgan fingerprint density at radius 3 is 2.83 bits per heavy atom. The van der Waals surface area contributed by atoms with Gasteiger partial charge in [-0.15, -0.1) is 12.4 Å². The lowest BCUT2D eigenvalue weighted by Crippen LogP contribution is -2.22. The molecule has 0 spiro atoms. The molecule has 2 rings (SSSR count).